The number of nitrogens with zero attached hydrogens (tertiary/aromatic N) is 3. The zero-order valence-corrected chi connectivity index (χ0v) is 12.1. The first-order chi connectivity index (χ1) is 8.31. The molecule has 0 aliphatic heterocycles. The second kappa shape index (κ2) is 5.85. The highest BCUT2D eigenvalue weighted by molar-refractivity contribution is 5.78. The largest absolute Gasteiger partial charge is 0.370 e. The van der Waals surface area contributed by atoms with E-state index in [0.717, 1.165) is 17.9 Å². The normalized spacial score (nSPS) is 12.6. The van der Waals surface area contributed by atoms with Gasteiger partial charge in [-0.3, -0.25) is 4.98 Å². The van der Waals surface area contributed by atoms with Crippen molar-refractivity contribution in [3.63, 3.8) is 0 Å². The molecule has 1 heterocycles. The maximum atomic E-state index is 6.05. The molecule has 0 bridgehead atoms. The summed E-state index contributed by atoms with van der Waals surface area (Å²) < 4.78 is 0. The van der Waals surface area contributed by atoms with Crippen molar-refractivity contribution in [2.45, 2.75) is 46.7 Å². The molecule has 1 rings (SSSR count). The average molecular weight is 248 g/mol. The number of aryl methyl sites for hydroxylation is 1. The van der Waals surface area contributed by atoms with Gasteiger partial charge in [0.1, 0.15) is 0 Å². The van der Waals surface area contributed by atoms with Crippen LogP contribution >= 0.6 is 0 Å². The molecule has 18 heavy (non-hydrogen) atoms. The maximum Gasteiger partial charge on any atom is 0.192 e. The summed E-state index contributed by atoms with van der Waals surface area (Å²) in [6.45, 7) is 11.7. The van der Waals surface area contributed by atoms with E-state index < -0.39 is 0 Å². The van der Waals surface area contributed by atoms with Gasteiger partial charge in [0.2, 0.25) is 0 Å². The Balaban J connectivity index is 2.82. The fourth-order valence-corrected chi connectivity index (χ4v) is 1.65. The molecule has 0 atom stereocenters. The van der Waals surface area contributed by atoms with E-state index >= 15 is 0 Å². The highest BCUT2D eigenvalue weighted by Gasteiger charge is 2.13. The summed E-state index contributed by atoms with van der Waals surface area (Å²) in [6, 6.07) is 6.02. The zero-order valence-electron chi connectivity index (χ0n) is 12.1. The van der Waals surface area contributed by atoms with Crippen LogP contribution in [0.5, 0.6) is 0 Å². The van der Waals surface area contributed by atoms with E-state index in [1.54, 1.807) is 0 Å². The number of guanidine groups is 1. The minimum absolute atomic E-state index is 0.155. The molecule has 4 heteroatoms. The lowest BCUT2D eigenvalue weighted by Crippen LogP contribution is -2.38. The summed E-state index contributed by atoms with van der Waals surface area (Å²) in [4.78, 5) is 11.0. The summed E-state index contributed by atoms with van der Waals surface area (Å²) >= 11 is 0. The quantitative estimate of drug-likeness (QED) is 0.660. The van der Waals surface area contributed by atoms with Crippen LogP contribution in [0.2, 0.25) is 0 Å². The van der Waals surface area contributed by atoms with Crippen LogP contribution < -0.4 is 5.73 Å². The van der Waals surface area contributed by atoms with Gasteiger partial charge in [0, 0.05) is 12.2 Å². The fourth-order valence-electron chi connectivity index (χ4n) is 1.65. The van der Waals surface area contributed by atoms with Crippen LogP contribution in [-0.2, 0) is 6.54 Å². The highest BCUT2D eigenvalue weighted by Crippen LogP contribution is 2.09. The lowest BCUT2D eigenvalue weighted by Gasteiger charge is -2.24. The first kappa shape index (κ1) is 14.5. The third kappa shape index (κ3) is 4.73. The summed E-state index contributed by atoms with van der Waals surface area (Å²) in [5.74, 6) is 0.577. The number of hydrogen-bond donors (Lipinski definition) is 1. The van der Waals surface area contributed by atoms with Crippen LogP contribution in [-0.4, -0.2) is 27.9 Å². The Morgan fingerprint density at radius 3 is 2.56 bits per heavy atom. The molecule has 1 aromatic rings. The van der Waals surface area contributed by atoms with E-state index in [1.165, 1.54) is 0 Å². The summed E-state index contributed by atoms with van der Waals surface area (Å²) in [5, 5.41) is 0. The third-order valence-corrected chi connectivity index (χ3v) is 2.45. The Labute approximate surface area is 110 Å². The predicted molar refractivity (Wildman–Crippen MR) is 76.4 cm³/mol. The van der Waals surface area contributed by atoms with Crippen LogP contribution in [0.3, 0.4) is 0 Å². The van der Waals surface area contributed by atoms with Crippen molar-refractivity contribution < 1.29 is 0 Å². The molecular formula is C14H24N4. The van der Waals surface area contributed by atoms with Gasteiger partial charge in [-0.1, -0.05) is 6.07 Å². The van der Waals surface area contributed by atoms with Crippen LogP contribution in [0, 0.1) is 6.92 Å². The SMILES string of the molecule is CCN(Cc1cccc(C)n1)C(N)=NC(C)(C)C. The molecule has 0 spiro atoms. The average Bonchev–Trinajstić information content (AvgIpc) is 2.23. The first-order valence-corrected chi connectivity index (χ1v) is 6.34. The van der Waals surface area contributed by atoms with Crippen molar-refractivity contribution in [1.29, 1.82) is 0 Å². The Kier molecular flexibility index (Phi) is 4.70. The summed E-state index contributed by atoms with van der Waals surface area (Å²) in [6.07, 6.45) is 0. The van der Waals surface area contributed by atoms with Crippen molar-refractivity contribution in [2.75, 3.05) is 6.54 Å². The Morgan fingerprint density at radius 2 is 2.06 bits per heavy atom. The van der Waals surface area contributed by atoms with Gasteiger partial charge in [0.05, 0.1) is 17.8 Å². The van der Waals surface area contributed by atoms with Gasteiger partial charge >= 0.3 is 0 Å². The predicted octanol–water partition coefficient (Wildman–Crippen LogP) is 2.33. The van der Waals surface area contributed by atoms with Crippen molar-refractivity contribution >= 4 is 5.96 Å². The Hall–Kier alpha value is -1.58. The molecule has 0 unspecified atom stereocenters. The molecule has 0 aromatic carbocycles. The van der Waals surface area contributed by atoms with Gasteiger partial charge in [-0.05, 0) is 46.8 Å². The van der Waals surface area contributed by atoms with Crippen LogP contribution in [0.15, 0.2) is 23.2 Å². The molecule has 0 aliphatic rings. The standard InChI is InChI=1S/C14H24N4/c1-6-18(13(15)17-14(3,4)5)10-12-9-7-8-11(2)16-12/h7-9H,6,10H2,1-5H3,(H2,15,17). The van der Waals surface area contributed by atoms with E-state index in [0.29, 0.717) is 12.5 Å². The summed E-state index contributed by atoms with van der Waals surface area (Å²) in [7, 11) is 0. The molecular weight excluding hydrogens is 224 g/mol. The lowest BCUT2D eigenvalue weighted by molar-refractivity contribution is 0.413. The summed E-state index contributed by atoms with van der Waals surface area (Å²) in [5.41, 5.74) is 7.93. The van der Waals surface area contributed by atoms with Gasteiger partial charge in [-0.25, -0.2) is 4.99 Å². The molecule has 0 amide bonds. The van der Waals surface area contributed by atoms with Gasteiger partial charge in [-0.15, -0.1) is 0 Å². The van der Waals surface area contributed by atoms with E-state index in [9.17, 15) is 0 Å². The number of aliphatic imine (C=N–C) groups is 1. The van der Waals surface area contributed by atoms with Crippen LogP contribution in [0.1, 0.15) is 39.1 Å². The Morgan fingerprint density at radius 1 is 1.39 bits per heavy atom. The van der Waals surface area contributed by atoms with Crippen molar-refractivity contribution in [1.82, 2.24) is 9.88 Å². The second-order valence-corrected chi connectivity index (χ2v) is 5.43. The molecule has 1 aromatic heterocycles. The minimum atomic E-state index is -0.155. The van der Waals surface area contributed by atoms with Gasteiger partial charge in [0.15, 0.2) is 5.96 Å². The van der Waals surface area contributed by atoms with Crippen LogP contribution in [0.25, 0.3) is 0 Å². The van der Waals surface area contributed by atoms with Crippen molar-refractivity contribution in [3.05, 3.63) is 29.6 Å². The molecule has 0 saturated heterocycles. The fraction of sp³-hybridized carbons (Fsp3) is 0.571. The minimum Gasteiger partial charge on any atom is -0.370 e. The molecule has 4 nitrogen and oxygen atoms in total. The number of aromatic nitrogens is 1. The molecule has 0 fully saturated rings. The number of hydrogen-bond acceptors (Lipinski definition) is 2. The van der Waals surface area contributed by atoms with Gasteiger partial charge < -0.3 is 10.6 Å². The lowest BCUT2D eigenvalue weighted by atomic mass is 10.1. The smallest absolute Gasteiger partial charge is 0.192 e. The number of rotatable bonds is 3. The zero-order chi connectivity index (χ0) is 13.8. The molecule has 100 valence electrons. The van der Waals surface area contributed by atoms with Crippen LogP contribution in [0.4, 0.5) is 0 Å². The maximum absolute atomic E-state index is 6.05. The monoisotopic (exact) mass is 248 g/mol. The van der Waals surface area contributed by atoms with Crippen molar-refractivity contribution in [3.8, 4) is 0 Å². The second-order valence-electron chi connectivity index (χ2n) is 5.43. The van der Waals surface area contributed by atoms with Gasteiger partial charge in [-0.2, -0.15) is 0 Å². The van der Waals surface area contributed by atoms with E-state index in [4.69, 9.17) is 5.73 Å². The topological polar surface area (TPSA) is 54.5 Å². The number of pyridine rings is 1. The van der Waals surface area contributed by atoms with E-state index in [1.807, 2.05) is 50.8 Å². The molecule has 0 aliphatic carbocycles. The Bertz CT molecular complexity index is 418. The first-order valence-electron chi connectivity index (χ1n) is 6.34. The van der Waals surface area contributed by atoms with E-state index in [2.05, 4.69) is 16.9 Å². The molecule has 0 saturated carbocycles. The highest BCUT2D eigenvalue weighted by atomic mass is 15.3. The molecule has 2 N–H and O–H groups in total. The number of nitrogens with two attached hydrogens (primary N) is 1. The van der Waals surface area contributed by atoms with E-state index in [-0.39, 0.29) is 5.54 Å². The van der Waals surface area contributed by atoms with Gasteiger partial charge in [0.25, 0.3) is 0 Å². The molecule has 0 radical (unpaired) electrons. The van der Waals surface area contributed by atoms with Crippen molar-refractivity contribution in [2.24, 2.45) is 10.7 Å². The third-order valence-electron chi connectivity index (χ3n) is 2.45.